The summed E-state index contributed by atoms with van der Waals surface area (Å²) in [6.45, 7) is 1.89. The van der Waals surface area contributed by atoms with E-state index in [1.54, 1.807) is 6.07 Å². The number of benzene rings is 3. The maximum atomic E-state index is 13.9. The predicted molar refractivity (Wildman–Crippen MR) is 120 cm³/mol. The molecule has 2 atom stereocenters. The lowest BCUT2D eigenvalue weighted by molar-refractivity contribution is -0.128. The van der Waals surface area contributed by atoms with Gasteiger partial charge >= 0.3 is 0 Å². The quantitative estimate of drug-likeness (QED) is 0.408. The van der Waals surface area contributed by atoms with Crippen molar-refractivity contribution in [1.82, 2.24) is 0 Å². The number of rotatable bonds is 2. The molecule has 3 aromatic rings. The molecule has 5 heteroatoms. The summed E-state index contributed by atoms with van der Waals surface area (Å²) in [5.41, 5.74) is 3.92. The van der Waals surface area contributed by atoms with Gasteiger partial charge in [0.2, 0.25) is 11.8 Å². The largest absolute Gasteiger partial charge is 0.302 e. The van der Waals surface area contributed by atoms with Crippen LogP contribution in [0.4, 0.5) is 5.69 Å². The molecule has 7 rings (SSSR count). The fourth-order valence-electron chi connectivity index (χ4n) is 6.14. The van der Waals surface area contributed by atoms with Gasteiger partial charge in [-0.2, -0.15) is 0 Å². The molecule has 4 aliphatic rings. The summed E-state index contributed by atoms with van der Waals surface area (Å²) in [4.78, 5) is 42.0. The molecule has 0 aromatic heterocycles. The van der Waals surface area contributed by atoms with Gasteiger partial charge in [0.25, 0.3) is 0 Å². The number of aryl methyl sites for hydroxylation is 1. The van der Waals surface area contributed by atoms with E-state index in [1.807, 2.05) is 67.6 Å². The Balaban J connectivity index is 1.65. The molecule has 2 unspecified atom stereocenters. The number of nitrogens with zero attached hydrogens (tertiary/aromatic N) is 1. The van der Waals surface area contributed by atoms with Gasteiger partial charge in [-0.15, -0.1) is 0 Å². The fourth-order valence-corrected chi connectivity index (χ4v) is 6.61. The van der Waals surface area contributed by atoms with Gasteiger partial charge in [0.15, 0.2) is 0 Å². The Morgan fingerprint density at radius 3 is 2.10 bits per heavy atom. The normalized spacial score (nSPS) is 27.7. The first-order valence-corrected chi connectivity index (χ1v) is 11.1. The van der Waals surface area contributed by atoms with Gasteiger partial charge in [-0.05, 0) is 52.9 Å². The van der Waals surface area contributed by atoms with E-state index in [1.165, 1.54) is 4.90 Å². The van der Waals surface area contributed by atoms with Crippen LogP contribution in [0.5, 0.6) is 0 Å². The molecule has 0 N–H and O–H groups in total. The molecule has 0 radical (unpaired) electrons. The molecule has 0 saturated carbocycles. The minimum Gasteiger partial charge on any atom is -0.302 e. The molecule has 2 bridgehead atoms. The van der Waals surface area contributed by atoms with Crippen molar-refractivity contribution in [2.45, 2.75) is 18.3 Å². The maximum absolute atomic E-state index is 13.9. The van der Waals surface area contributed by atoms with Crippen molar-refractivity contribution < 1.29 is 14.4 Å². The second kappa shape index (κ2) is 6.24. The average Bonchev–Trinajstić information content (AvgIpc) is 3.05. The number of halogens is 1. The molecule has 31 heavy (non-hydrogen) atoms. The number of hydrogen-bond donors (Lipinski definition) is 0. The van der Waals surface area contributed by atoms with Crippen LogP contribution in [0.3, 0.4) is 0 Å². The predicted octanol–water partition coefficient (Wildman–Crippen LogP) is 4.51. The van der Waals surface area contributed by atoms with E-state index in [2.05, 4.69) is 15.9 Å². The van der Waals surface area contributed by atoms with E-state index in [0.29, 0.717) is 5.69 Å². The van der Waals surface area contributed by atoms with Crippen LogP contribution in [0.25, 0.3) is 0 Å². The van der Waals surface area contributed by atoms with Crippen molar-refractivity contribution in [2.75, 3.05) is 4.90 Å². The Kier molecular flexibility index (Phi) is 3.76. The van der Waals surface area contributed by atoms with Crippen LogP contribution in [0.15, 0.2) is 71.2 Å². The van der Waals surface area contributed by atoms with Crippen molar-refractivity contribution in [3.05, 3.63) is 99.0 Å². The lowest BCUT2D eigenvalue weighted by Crippen LogP contribution is -2.54. The van der Waals surface area contributed by atoms with Crippen LogP contribution in [0.2, 0.25) is 0 Å². The lowest BCUT2D eigenvalue weighted by atomic mass is 9.48. The third-order valence-corrected chi connectivity index (χ3v) is 7.76. The molecule has 1 aliphatic heterocycles. The topological polar surface area (TPSA) is 54.5 Å². The first-order valence-electron chi connectivity index (χ1n) is 10.3. The highest BCUT2D eigenvalue weighted by atomic mass is 79.9. The molecule has 152 valence electrons. The minimum absolute atomic E-state index is 0.222. The second-order valence-electron chi connectivity index (χ2n) is 8.59. The Morgan fingerprint density at radius 2 is 1.52 bits per heavy atom. The monoisotopic (exact) mass is 471 g/mol. The van der Waals surface area contributed by atoms with Crippen molar-refractivity contribution in [3.8, 4) is 0 Å². The maximum Gasteiger partial charge on any atom is 0.239 e. The number of imide groups is 1. The summed E-state index contributed by atoms with van der Waals surface area (Å²) in [6, 6.07) is 21.1. The SMILES string of the molecule is Cc1cc(Br)ccc1N1C(=O)C2C3c4ccccc4C(C=O)(c4ccccc43)C2C1=O. The number of hydrogen-bond acceptors (Lipinski definition) is 3. The van der Waals surface area contributed by atoms with Crippen LogP contribution < -0.4 is 4.90 Å². The Labute approximate surface area is 188 Å². The number of anilines is 1. The van der Waals surface area contributed by atoms with Crippen molar-refractivity contribution >= 4 is 39.7 Å². The number of carbonyl (C=O) groups is 3. The Morgan fingerprint density at radius 1 is 0.903 bits per heavy atom. The zero-order valence-electron chi connectivity index (χ0n) is 16.7. The summed E-state index contributed by atoms with van der Waals surface area (Å²) in [5, 5.41) is 0. The highest BCUT2D eigenvalue weighted by Gasteiger charge is 2.68. The van der Waals surface area contributed by atoms with Crippen molar-refractivity contribution in [3.63, 3.8) is 0 Å². The average molecular weight is 472 g/mol. The highest BCUT2D eigenvalue weighted by molar-refractivity contribution is 9.10. The van der Waals surface area contributed by atoms with Crippen LogP contribution >= 0.6 is 15.9 Å². The fraction of sp³-hybridized carbons (Fsp3) is 0.192. The lowest BCUT2D eigenvalue weighted by Gasteiger charge is -2.51. The van der Waals surface area contributed by atoms with E-state index in [-0.39, 0.29) is 17.7 Å². The Hall–Kier alpha value is -3.05. The summed E-state index contributed by atoms with van der Waals surface area (Å²) < 4.78 is 0.884. The van der Waals surface area contributed by atoms with Crippen molar-refractivity contribution in [2.24, 2.45) is 11.8 Å². The molecule has 1 fully saturated rings. The number of carbonyl (C=O) groups excluding carboxylic acids is 3. The molecular weight excluding hydrogens is 454 g/mol. The highest BCUT2D eigenvalue weighted by Crippen LogP contribution is 2.63. The van der Waals surface area contributed by atoms with Gasteiger partial charge in [-0.25, -0.2) is 4.90 Å². The van der Waals surface area contributed by atoms with E-state index in [0.717, 1.165) is 38.6 Å². The number of amides is 2. The molecule has 0 spiro atoms. The van der Waals surface area contributed by atoms with Gasteiger partial charge in [0, 0.05) is 10.4 Å². The van der Waals surface area contributed by atoms with Crippen LogP contribution in [0.1, 0.15) is 33.7 Å². The third kappa shape index (κ3) is 2.12. The van der Waals surface area contributed by atoms with Crippen molar-refractivity contribution in [1.29, 1.82) is 0 Å². The third-order valence-electron chi connectivity index (χ3n) is 7.27. The van der Waals surface area contributed by atoms with E-state index >= 15 is 0 Å². The molecule has 1 saturated heterocycles. The molecule has 4 nitrogen and oxygen atoms in total. The summed E-state index contributed by atoms with van der Waals surface area (Å²) in [7, 11) is 0. The van der Waals surface area contributed by atoms with E-state index in [4.69, 9.17) is 0 Å². The zero-order valence-corrected chi connectivity index (χ0v) is 18.3. The van der Waals surface area contributed by atoms with E-state index < -0.39 is 17.3 Å². The summed E-state index contributed by atoms with van der Waals surface area (Å²) in [5.74, 6) is -2.08. The van der Waals surface area contributed by atoms with Gasteiger partial charge < -0.3 is 4.79 Å². The second-order valence-corrected chi connectivity index (χ2v) is 9.50. The standard InChI is InChI=1S/C26H18BrNO3/c1-14-12-15(27)10-11-20(14)28-24(30)22-21-16-6-2-4-8-18(16)26(13-29,23(22)25(28)31)19-9-5-3-7-17(19)21/h2-13,21-23H,1H3. The molecule has 1 heterocycles. The van der Waals surface area contributed by atoms with Gasteiger partial charge in [0.1, 0.15) is 6.29 Å². The smallest absolute Gasteiger partial charge is 0.239 e. The van der Waals surface area contributed by atoms with Gasteiger partial charge in [-0.1, -0.05) is 64.5 Å². The molecule has 3 aromatic carbocycles. The van der Waals surface area contributed by atoms with Crippen LogP contribution in [-0.2, 0) is 19.8 Å². The molecule has 2 amide bonds. The van der Waals surface area contributed by atoms with Gasteiger partial charge in [0.05, 0.1) is 22.9 Å². The first-order chi connectivity index (χ1) is 15.0. The zero-order chi connectivity index (χ0) is 21.5. The van der Waals surface area contributed by atoms with Crippen LogP contribution in [0, 0.1) is 18.8 Å². The summed E-state index contributed by atoms with van der Waals surface area (Å²) >= 11 is 3.45. The van der Waals surface area contributed by atoms with Gasteiger partial charge in [-0.3, -0.25) is 9.59 Å². The number of aldehydes is 1. The Bertz CT molecular complexity index is 1270. The molecule has 3 aliphatic carbocycles. The first kappa shape index (κ1) is 18.7. The minimum atomic E-state index is -1.16. The summed E-state index contributed by atoms with van der Waals surface area (Å²) in [6.07, 6.45) is 0.904. The van der Waals surface area contributed by atoms with Crippen LogP contribution in [-0.4, -0.2) is 18.1 Å². The molecular formula is C26H18BrNO3. The van der Waals surface area contributed by atoms with E-state index in [9.17, 15) is 14.4 Å².